The van der Waals surface area contributed by atoms with Crippen molar-refractivity contribution in [3.8, 4) is 0 Å². The van der Waals surface area contributed by atoms with E-state index in [1.54, 1.807) is 0 Å². The van der Waals surface area contributed by atoms with Gasteiger partial charge in [-0.3, -0.25) is 0 Å². The van der Waals surface area contributed by atoms with Crippen LogP contribution in [0.1, 0.15) is 12.5 Å². The van der Waals surface area contributed by atoms with Crippen LogP contribution in [-0.4, -0.2) is 0 Å². The Labute approximate surface area is 72.8 Å². The maximum atomic E-state index is 2.20. The Hall–Kier alpha value is -1.43. The van der Waals surface area contributed by atoms with E-state index in [-0.39, 0.29) is 0 Å². The summed E-state index contributed by atoms with van der Waals surface area (Å²) in [5, 5.41) is 2.62. The lowest BCUT2D eigenvalue weighted by molar-refractivity contribution is 1.44. The fourth-order valence-electron chi connectivity index (χ4n) is 1.39. The summed E-state index contributed by atoms with van der Waals surface area (Å²) in [4.78, 5) is 0. The molecular weight excluding hydrogens is 144 g/mol. The van der Waals surface area contributed by atoms with Crippen LogP contribution in [0, 0.1) is 6.42 Å². The average Bonchev–Trinajstić information content (AvgIpc) is 2.17. The Balaban J connectivity index is 2.67. The molecule has 2 rings (SSSR count). The first-order valence-corrected chi connectivity index (χ1v) is 4.18. The molecule has 0 heteroatoms. The van der Waals surface area contributed by atoms with Crippen LogP contribution >= 0.6 is 0 Å². The summed E-state index contributed by atoms with van der Waals surface area (Å²) in [5.74, 6) is 0. The Morgan fingerprint density at radius 1 is 0.917 bits per heavy atom. The van der Waals surface area contributed by atoms with E-state index in [0.29, 0.717) is 0 Å². The van der Waals surface area contributed by atoms with Crippen molar-refractivity contribution in [3.05, 3.63) is 54.4 Å². The van der Waals surface area contributed by atoms with E-state index in [1.165, 1.54) is 16.3 Å². The molecule has 0 amide bonds. The highest BCUT2D eigenvalue weighted by Gasteiger charge is 1.99. The molecule has 2 aromatic rings. The lowest BCUT2D eigenvalue weighted by Gasteiger charge is -1.92. The lowest BCUT2D eigenvalue weighted by Crippen LogP contribution is -1.77. The van der Waals surface area contributed by atoms with Gasteiger partial charge in [0.15, 0.2) is 0 Å². The smallest absolute Gasteiger partial charge is 0.0615 e. The molecule has 0 nitrogen and oxygen atoms in total. The summed E-state index contributed by atoms with van der Waals surface area (Å²) in [6.45, 7) is 2.06. The summed E-state index contributed by atoms with van der Waals surface area (Å²) >= 11 is 0. The van der Waals surface area contributed by atoms with Gasteiger partial charge in [-0.15, -0.1) is 0 Å². The maximum Gasteiger partial charge on any atom is 0.130 e. The minimum atomic E-state index is 1.29. The van der Waals surface area contributed by atoms with Crippen molar-refractivity contribution in [2.45, 2.75) is 6.92 Å². The normalized spacial score (nSPS) is 10.1. The second-order valence-electron chi connectivity index (χ2n) is 2.90. The second kappa shape index (κ2) is 2.90. The van der Waals surface area contributed by atoms with Gasteiger partial charge in [0.25, 0.3) is 0 Å². The lowest BCUT2D eigenvalue weighted by atomic mass is 10.1. The van der Waals surface area contributed by atoms with Gasteiger partial charge in [0.1, 0.15) is 5.56 Å². The number of fused-ring (bicyclic) bond motifs is 1. The van der Waals surface area contributed by atoms with Gasteiger partial charge < -0.3 is 0 Å². The van der Waals surface area contributed by atoms with E-state index >= 15 is 0 Å². The van der Waals surface area contributed by atoms with Crippen molar-refractivity contribution in [3.63, 3.8) is 0 Å². The summed E-state index contributed by atoms with van der Waals surface area (Å²) in [7, 11) is 0. The van der Waals surface area contributed by atoms with Gasteiger partial charge in [0, 0.05) is 36.2 Å². The molecule has 0 heterocycles. The van der Waals surface area contributed by atoms with E-state index in [9.17, 15) is 0 Å². The van der Waals surface area contributed by atoms with Crippen molar-refractivity contribution >= 4 is 10.8 Å². The predicted octanol–water partition coefficient (Wildman–Crippen LogP) is 3.41. The maximum absolute atomic E-state index is 2.20. The Morgan fingerprint density at radius 2 is 1.67 bits per heavy atom. The molecule has 58 valence electrons. The van der Waals surface area contributed by atoms with Crippen molar-refractivity contribution in [2.75, 3.05) is 0 Å². The molecule has 0 aliphatic carbocycles. The third-order valence-corrected chi connectivity index (χ3v) is 2.11. The van der Waals surface area contributed by atoms with Crippen molar-refractivity contribution < 1.29 is 0 Å². The molecule has 0 atom stereocenters. The quantitative estimate of drug-likeness (QED) is 0.553. The molecule has 0 spiro atoms. The van der Waals surface area contributed by atoms with Gasteiger partial charge in [-0.05, 0) is 6.07 Å². The number of hydrogen-bond donors (Lipinski definition) is 0. The van der Waals surface area contributed by atoms with Gasteiger partial charge >= 0.3 is 0 Å². The topological polar surface area (TPSA) is 0 Å². The standard InChI is InChI=1S/C12H11/c1-2-10-7-8-11-5-3-4-6-12(11)9-10/h2-9H,1H3/q+1. The zero-order valence-electron chi connectivity index (χ0n) is 7.12. The monoisotopic (exact) mass is 155 g/mol. The Bertz CT molecular complexity index is 388. The van der Waals surface area contributed by atoms with Crippen LogP contribution in [0.25, 0.3) is 10.8 Å². The number of hydrogen-bond acceptors (Lipinski definition) is 0. The van der Waals surface area contributed by atoms with Crippen molar-refractivity contribution in [2.24, 2.45) is 0 Å². The molecule has 0 radical (unpaired) electrons. The van der Waals surface area contributed by atoms with Crippen LogP contribution < -0.4 is 0 Å². The van der Waals surface area contributed by atoms with Crippen LogP contribution in [0.15, 0.2) is 42.5 Å². The van der Waals surface area contributed by atoms with Crippen LogP contribution in [0.3, 0.4) is 0 Å². The van der Waals surface area contributed by atoms with Gasteiger partial charge in [0.05, 0.1) is 6.07 Å². The molecule has 0 fully saturated rings. The SMILES string of the molecule is C[CH+]c1ccc2ccccc2c1. The van der Waals surface area contributed by atoms with Crippen LogP contribution in [0.5, 0.6) is 0 Å². The molecule has 0 aromatic heterocycles. The second-order valence-corrected chi connectivity index (χ2v) is 2.90. The highest BCUT2D eigenvalue weighted by Crippen LogP contribution is 2.16. The third-order valence-electron chi connectivity index (χ3n) is 2.11. The third kappa shape index (κ3) is 1.16. The fourth-order valence-corrected chi connectivity index (χ4v) is 1.39. The number of benzene rings is 2. The van der Waals surface area contributed by atoms with Crippen molar-refractivity contribution in [1.82, 2.24) is 0 Å². The Morgan fingerprint density at radius 3 is 2.42 bits per heavy atom. The summed E-state index contributed by atoms with van der Waals surface area (Å²) in [6, 6.07) is 14.9. The summed E-state index contributed by atoms with van der Waals surface area (Å²) < 4.78 is 0. The molecule has 2 aromatic carbocycles. The molecule has 0 saturated heterocycles. The zero-order valence-corrected chi connectivity index (χ0v) is 7.12. The number of rotatable bonds is 1. The zero-order chi connectivity index (χ0) is 8.39. The minimum Gasteiger partial charge on any atom is -0.0615 e. The van der Waals surface area contributed by atoms with Crippen LogP contribution in [0.4, 0.5) is 0 Å². The highest BCUT2D eigenvalue weighted by molar-refractivity contribution is 5.83. The largest absolute Gasteiger partial charge is 0.130 e. The fraction of sp³-hybridized carbons (Fsp3) is 0.0833. The molecule has 0 aliphatic heterocycles. The van der Waals surface area contributed by atoms with E-state index in [4.69, 9.17) is 0 Å². The van der Waals surface area contributed by atoms with E-state index < -0.39 is 0 Å². The summed E-state index contributed by atoms with van der Waals surface area (Å²) in [5.41, 5.74) is 1.29. The van der Waals surface area contributed by atoms with Gasteiger partial charge in [-0.1, -0.05) is 18.2 Å². The Kier molecular flexibility index (Phi) is 1.75. The molecular formula is C12H11+. The van der Waals surface area contributed by atoms with E-state index in [0.717, 1.165) is 0 Å². The first-order chi connectivity index (χ1) is 5.90. The molecule has 12 heavy (non-hydrogen) atoms. The molecule has 0 aliphatic rings. The molecule has 0 unspecified atom stereocenters. The molecule has 0 bridgehead atoms. The van der Waals surface area contributed by atoms with Gasteiger partial charge in [0.2, 0.25) is 0 Å². The van der Waals surface area contributed by atoms with Crippen LogP contribution in [0.2, 0.25) is 0 Å². The van der Waals surface area contributed by atoms with Crippen molar-refractivity contribution in [1.29, 1.82) is 0 Å². The first-order valence-electron chi connectivity index (χ1n) is 4.18. The van der Waals surface area contributed by atoms with E-state index in [2.05, 4.69) is 55.8 Å². The molecule has 0 saturated carbocycles. The molecule has 0 N–H and O–H groups in total. The van der Waals surface area contributed by atoms with Gasteiger partial charge in [-0.25, -0.2) is 0 Å². The summed E-state index contributed by atoms with van der Waals surface area (Å²) in [6.07, 6.45) is 2.12. The highest BCUT2D eigenvalue weighted by atomic mass is 14.0. The predicted molar refractivity (Wildman–Crippen MR) is 53.0 cm³/mol. The first kappa shape index (κ1) is 7.23. The average molecular weight is 155 g/mol. The van der Waals surface area contributed by atoms with Crippen LogP contribution in [-0.2, 0) is 0 Å². The minimum absolute atomic E-state index is 1.29. The van der Waals surface area contributed by atoms with Gasteiger partial charge in [-0.2, -0.15) is 0 Å². The van der Waals surface area contributed by atoms with E-state index in [1.807, 2.05) is 0 Å².